The van der Waals surface area contributed by atoms with Crippen molar-refractivity contribution in [3.8, 4) is 17.0 Å². The van der Waals surface area contributed by atoms with Crippen molar-refractivity contribution in [1.82, 2.24) is 9.55 Å². The van der Waals surface area contributed by atoms with E-state index in [-0.39, 0.29) is 17.5 Å². The van der Waals surface area contributed by atoms with Gasteiger partial charge in [-0.2, -0.15) is 0 Å². The lowest BCUT2D eigenvalue weighted by molar-refractivity contribution is 0.0547. The Labute approximate surface area is 120 Å². The van der Waals surface area contributed by atoms with E-state index in [1.54, 1.807) is 24.3 Å². The Morgan fingerprint density at radius 1 is 1.24 bits per heavy atom. The molecule has 6 nitrogen and oxygen atoms in total. The van der Waals surface area contributed by atoms with Crippen molar-refractivity contribution in [1.29, 1.82) is 0 Å². The van der Waals surface area contributed by atoms with Crippen LogP contribution in [-0.2, 0) is 4.74 Å². The van der Waals surface area contributed by atoms with Gasteiger partial charge in [-0.25, -0.2) is 4.79 Å². The van der Waals surface area contributed by atoms with Crippen LogP contribution in [-0.4, -0.2) is 27.9 Å². The lowest BCUT2D eigenvalue weighted by Crippen LogP contribution is -2.36. The highest BCUT2D eigenvalue weighted by atomic mass is 16.5. The molecule has 0 spiro atoms. The average Bonchev–Trinajstić information content (AvgIpc) is 2.49. The summed E-state index contributed by atoms with van der Waals surface area (Å²) in [6.45, 7) is 1.01. The molecule has 1 saturated heterocycles. The first kappa shape index (κ1) is 13.6. The second kappa shape index (κ2) is 5.57. The van der Waals surface area contributed by atoms with Crippen LogP contribution in [0.15, 0.2) is 39.9 Å². The normalized spacial score (nSPS) is 18.6. The number of hydrogen-bond acceptors (Lipinski definition) is 4. The molecule has 2 aromatic rings. The number of benzene rings is 1. The Hall–Kier alpha value is -2.34. The molecule has 1 atom stereocenters. The zero-order chi connectivity index (χ0) is 14.8. The zero-order valence-electron chi connectivity index (χ0n) is 11.4. The molecule has 21 heavy (non-hydrogen) atoms. The number of nitrogens with zero attached hydrogens (tertiary/aromatic N) is 1. The van der Waals surface area contributed by atoms with E-state index in [1.165, 1.54) is 4.57 Å². The molecular weight excluding hydrogens is 272 g/mol. The molecule has 1 aliphatic rings. The van der Waals surface area contributed by atoms with Crippen LogP contribution in [0.5, 0.6) is 5.88 Å². The molecule has 0 saturated carbocycles. The van der Waals surface area contributed by atoms with Crippen LogP contribution in [0.2, 0.25) is 0 Å². The highest BCUT2D eigenvalue weighted by molar-refractivity contribution is 5.67. The summed E-state index contributed by atoms with van der Waals surface area (Å²) in [5.41, 5.74) is -0.508. The molecule has 0 radical (unpaired) electrons. The summed E-state index contributed by atoms with van der Waals surface area (Å²) in [6, 6.07) is 8.54. The quantitative estimate of drug-likeness (QED) is 0.871. The lowest BCUT2D eigenvalue weighted by Gasteiger charge is -2.25. The first-order valence-corrected chi connectivity index (χ1v) is 6.89. The first-order chi connectivity index (χ1) is 10.2. The number of aromatic amines is 1. The number of aromatic hydroxyl groups is 1. The van der Waals surface area contributed by atoms with Crippen LogP contribution in [0.25, 0.3) is 11.1 Å². The molecule has 1 fully saturated rings. The third-order valence-corrected chi connectivity index (χ3v) is 3.68. The molecule has 1 unspecified atom stereocenters. The van der Waals surface area contributed by atoms with Gasteiger partial charge in [0.2, 0.25) is 5.88 Å². The average molecular weight is 288 g/mol. The van der Waals surface area contributed by atoms with E-state index in [0.29, 0.717) is 18.8 Å². The molecule has 0 aliphatic carbocycles. The zero-order valence-corrected chi connectivity index (χ0v) is 11.4. The van der Waals surface area contributed by atoms with E-state index in [1.807, 2.05) is 6.07 Å². The molecular formula is C15H16N2O4. The summed E-state index contributed by atoms with van der Waals surface area (Å²) < 4.78 is 6.58. The number of nitrogens with one attached hydrogen (secondary N) is 1. The van der Waals surface area contributed by atoms with Gasteiger partial charge in [-0.1, -0.05) is 30.3 Å². The first-order valence-electron chi connectivity index (χ1n) is 6.89. The van der Waals surface area contributed by atoms with Gasteiger partial charge in [0.25, 0.3) is 5.56 Å². The van der Waals surface area contributed by atoms with Gasteiger partial charge in [0.15, 0.2) is 0 Å². The Bertz CT molecular complexity index is 743. The number of H-pyrrole nitrogens is 1. The summed E-state index contributed by atoms with van der Waals surface area (Å²) in [6.07, 6.45) is 1.55. The van der Waals surface area contributed by atoms with Gasteiger partial charge >= 0.3 is 5.69 Å². The Kier molecular flexibility index (Phi) is 3.62. The van der Waals surface area contributed by atoms with Crippen LogP contribution >= 0.6 is 0 Å². The van der Waals surface area contributed by atoms with Gasteiger partial charge in [0.05, 0.1) is 12.6 Å². The van der Waals surface area contributed by atoms with Crippen molar-refractivity contribution in [2.75, 3.05) is 13.2 Å². The number of hydrogen-bond donors (Lipinski definition) is 2. The number of aromatic nitrogens is 2. The summed E-state index contributed by atoms with van der Waals surface area (Å²) >= 11 is 0. The molecule has 2 heterocycles. The Balaban J connectivity index is 2.18. The maximum absolute atomic E-state index is 12.0. The van der Waals surface area contributed by atoms with Crippen LogP contribution < -0.4 is 11.2 Å². The van der Waals surface area contributed by atoms with Crippen molar-refractivity contribution in [2.24, 2.45) is 0 Å². The van der Waals surface area contributed by atoms with Gasteiger partial charge in [0.1, 0.15) is 5.56 Å². The van der Waals surface area contributed by atoms with E-state index in [0.717, 1.165) is 12.8 Å². The molecule has 110 valence electrons. The van der Waals surface area contributed by atoms with Crippen LogP contribution in [0.1, 0.15) is 18.9 Å². The topological polar surface area (TPSA) is 84.3 Å². The molecule has 2 N–H and O–H groups in total. The fourth-order valence-electron chi connectivity index (χ4n) is 2.67. The molecule has 0 amide bonds. The second-order valence-corrected chi connectivity index (χ2v) is 5.06. The van der Waals surface area contributed by atoms with Crippen LogP contribution in [0.4, 0.5) is 0 Å². The van der Waals surface area contributed by atoms with Crippen molar-refractivity contribution < 1.29 is 9.84 Å². The van der Waals surface area contributed by atoms with Gasteiger partial charge in [-0.15, -0.1) is 0 Å². The van der Waals surface area contributed by atoms with Gasteiger partial charge in [-0.05, 0) is 18.4 Å². The fraction of sp³-hybridized carbons (Fsp3) is 0.333. The highest BCUT2D eigenvalue weighted by Gasteiger charge is 2.23. The summed E-state index contributed by atoms with van der Waals surface area (Å²) in [7, 11) is 0. The molecule has 6 heteroatoms. The SMILES string of the molecule is O=c1[nH]c(=O)n(C2CCCOC2)c(O)c1-c1ccccc1. The van der Waals surface area contributed by atoms with E-state index < -0.39 is 11.2 Å². The van der Waals surface area contributed by atoms with Gasteiger partial charge < -0.3 is 9.84 Å². The summed E-state index contributed by atoms with van der Waals surface area (Å²) in [5, 5.41) is 10.4. The summed E-state index contributed by atoms with van der Waals surface area (Å²) in [4.78, 5) is 26.4. The fourth-order valence-corrected chi connectivity index (χ4v) is 2.67. The van der Waals surface area contributed by atoms with E-state index >= 15 is 0 Å². The minimum absolute atomic E-state index is 0.112. The molecule has 1 aromatic heterocycles. The highest BCUT2D eigenvalue weighted by Crippen LogP contribution is 2.28. The molecule has 3 rings (SSSR count). The van der Waals surface area contributed by atoms with Crippen molar-refractivity contribution in [3.05, 3.63) is 51.2 Å². The van der Waals surface area contributed by atoms with Crippen LogP contribution in [0, 0.1) is 0 Å². The second-order valence-electron chi connectivity index (χ2n) is 5.06. The lowest BCUT2D eigenvalue weighted by atomic mass is 10.1. The minimum atomic E-state index is -0.604. The van der Waals surface area contributed by atoms with Gasteiger partial charge in [-0.3, -0.25) is 14.3 Å². The largest absolute Gasteiger partial charge is 0.494 e. The standard InChI is InChI=1S/C15H16N2O4/c18-13-12(10-5-2-1-3-6-10)14(19)17(15(20)16-13)11-7-4-8-21-9-11/h1-3,5-6,11,19H,4,7-9H2,(H,16,18,20). The predicted molar refractivity (Wildman–Crippen MR) is 77.5 cm³/mol. The Morgan fingerprint density at radius 3 is 2.67 bits per heavy atom. The molecule has 0 bridgehead atoms. The maximum atomic E-state index is 12.0. The van der Waals surface area contributed by atoms with Gasteiger partial charge in [0, 0.05) is 6.61 Å². The monoisotopic (exact) mass is 288 g/mol. The summed E-state index contributed by atoms with van der Waals surface area (Å²) in [5.74, 6) is -0.301. The van der Waals surface area contributed by atoms with Crippen molar-refractivity contribution >= 4 is 0 Å². The minimum Gasteiger partial charge on any atom is -0.494 e. The molecule has 1 aromatic carbocycles. The van der Waals surface area contributed by atoms with E-state index in [9.17, 15) is 14.7 Å². The van der Waals surface area contributed by atoms with E-state index in [4.69, 9.17) is 4.74 Å². The smallest absolute Gasteiger partial charge is 0.331 e. The van der Waals surface area contributed by atoms with Crippen LogP contribution in [0.3, 0.4) is 0 Å². The Morgan fingerprint density at radius 2 is 2.00 bits per heavy atom. The number of ether oxygens (including phenoxy) is 1. The van der Waals surface area contributed by atoms with E-state index in [2.05, 4.69) is 4.98 Å². The third-order valence-electron chi connectivity index (χ3n) is 3.68. The molecule has 1 aliphatic heterocycles. The third kappa shape index (κ3) is 2.50. The predicted octanol–water partition coefficient (Wildman–Crippen LogP) is 1.26. The number of rotatable bonds is 2. The van der Waals surface area contributed by atoms with Crippen molar-refractivity contribution in [2.45, 2.75) is 18.9 Å². The van der Waals surface area contributed by atoms with Crippen molar-refractivity contribution in [3.63, 3.8) is 0 Å². The maximum Gasteiger partial charge on any atom is 0.331 e.